The number of carbonyl (C=O) groups is 1. The fraction of sp³-hybridized carbons (Fsp3) is 0. The van der Waals surface area contributed by atoms with Gasteiger partial charge in [0.25, 0.3) is 0 Å². The number of para-hydroxylation sites is 1. The monoisotopic (exact) mass is 350 g/mol. The second-order valence-electron chi connectivity index (χ2n) is 4.37. The van der Waals surface area contributed by atoms with Gasteiger partial charge >= 0.3 is 11.7 Å². The number of aromatic carboxylic acids is 1. The first-order valence-electron chi connectivity index (χ1n) is 5.91. The summed E-state index contributed by atoms with van der Waals surface area (Å²) in [4.78, 5) is 26.0. The van der Waals surface area contributed by atoms with Gasteiger partial charge in [-0.05, 0) is 46.3 Å². The molecule has 7 heteroatoms. The number of carboxylic acids is 1. The van der Waals surface area contributed by atoms with E-state index in [0.717, 1.165) is 0 Å². The van der Waals surface area contributed by atoms with E-state index in [1.165, 1.54) is 28.8 Å². The van der Waals surface area contributed by atoms with Crippen molar-refractivity contribution < 1.29 is 14.3 Å². The van der Waals surface area contributed by atoms with E-state index in [1.807, 2.05) is 0 Å². The van der Waals surface area contributed by atoms with Crippen molar-refractivity contribution in [1.82, 2.24) is 9.55 Å². The fourth-order valence-corrected chi connectivity index (χ4v) is 2.57. The molecular formula is C14H8BrFN2O3. The molecular weight excluding hydrogens is 343 g/mol. The van der Waals surface area contributed by atoms with Gasteiger partial charge in [0.1, 0.15) is 5.82 Å². The summed E-state index contributed by atoms with van der Waals surface area (Å²) in [6.45, 7) is 0. The largest absolute Gasteiger partial charge is 0.478 e. The molecule has 5 nitrogen and oxygen atoms in total. The van der Waals surface area contributed by atoms with Crippen molar-refractivity contribution in [2.45, 2.75) is 0 Å². The predicted molar refractivity (Wildman–Crippen MR) is 78.5 cm³/mol. The Labute approximate surface area is 125 Å². The first-order valence-corrected chi connectivity index (χ1v) is 6.71. The minimum atomic E-state index is -1.14. The molecule has 106 valence electrons. The molecule has 0 aliphatic heterocycles. The summed E-state index contributed by atoms with van der Waals surface area (Å²) >= 11 is 3.05. The molecule has 0 saturated carbocycles. The van der Waals surface area contributed by atoms with Gasteiger partial charge in [-0.2, -0.15) is 0 Å². The van der Waals surface area contributed by atoms with Gasteiger partial charge in [0, 0.05) is 0 Å². The lowest BCUT2D eigenvalue weighted by molar-refractivity contribution is 0.0698. The Balaban J connectivity index is 2.41. The average molecular weight is 351 g/mol. The minimum absolute atomic E-state index is 0.00806. The number of halogens is 2. The minimum Gasteiger partial charge on any atom is -0.478 e. The van der Waals surface area contributed by atoms with Gasteiger partial charge in [-0.1, -0.05) is 6.07 Å². The molecule has 21 heavy (non-hydrogen) atoms. The molecule has 0 amide bonds. The van der Waals surface area contributed by atoms with E-state index in [9.17, 15) is 19.1 Å². The van der Waals surface area contributed by atoms with Crippen LogP contribution in [0.4, 0.5) is 4.39 Å². The predicted octanol–water partition coefficient (Wildman–Crippen LogP) is 2.92. The number of carboxylic acid groups (broad SMARTS) is 1. The lowest BCUT2D eigenvalue weighted by Crippen LogP contribution is -2.15. The van der Waals surface area contributed by atoms with Crippen molar-refractivity contribution in [3.63, 3.8) is 0 Å². The van der Waals surface area contributed by atoms with Crippen LogP contribution in [0.15, 0.2) is 45.7 Å². The first kappa shape index (κ1) is 13.6. The van der Waals surface area contributed by atoms with E-state index in [2.05, 4.69) is 20.9 Å². The molecule has 0 unspecified atom stereocenters. The SMILES string of the molecule is O=C(O)c1cccc2[nH]c(=O)n(-c3ccc(F)c(Br)c3)c12. The zero-order valence-electron chi connectivity index (χ0n) is 10.4. The van der Waals surface area contributed by atoms with Crippen molar-refractivity contribution in [3.8, 4) is 5.69 Å². The van der Waals surface area contributed by atoms with Crippen LogP contribution in [-0.2, 0) is 0 Å². The Morgan fingerprint density at radius 3 is 2.71 bits per heavy atom. The topological polar surface area (TPSA) is 75.1 Å². The summed E-state index contributed by atoms with van der Waals surface area (Å²) in [5.41, 5.74) is 0.519. The summed E-state index contributed by atoms with van der Waals surface area (Å²) < 4.78 is 14.7. The maximum atomic E-state index is 13.3. The lowest BCUT2D eigenvalue weighted by atomic mass is 10.2. The van der Waals surface area contributed by atoms with E-state index in [4.69, 9.17) is 0 Å². The van der Waals surface area contributed by atoms with Gasteiger partial charge in [0.2, 0.25) is 0 Å². The Hall–Kier alpha value is -2.41. The summed E-state index contributed by atoms with van der Waals surface area (Å²) in [5.74, 6) is -1.61. The highest BCUT2D eigenvalue weighted by atomic mass is 79.9. The summed E-state index contributed by atoms with van der Waals surface area (Å²) in [5, 5.41) is 9.26. The molecule has 2 N–H and O–H groups in total. The molecule has 0 bridgehead atoms. The normalized spacial score (nSPS) is 11.0. The Kier molecular flexibility index (Phi) is 3.13. The standard InChI is InChI=1S/C14H8BrFN2O3/c15-9-6-7(4-5-10(9)16)18-12-8(13(19)20)2-1-3-11(12)17-14(18)21/h1-6H,(H,17,21)(H,19,20). The van der Waals surface area contributed by atoms with Crippen LogP contribution in [0.2, 0.25) is 0 Å². The van der Waals surface area contributed by atoms with E-state index < -0.39 is 17.5 Å². The summed E-state index contributed by atoms with van der Waals surface area (Å²) in [7, 11) is 0. The smallest absolute Gasteiger partial charge is 0.337 e. The molecule has 0 saturated heterocycles. The van der Waals surface area contributed by atoms with Crippen LogP contribution in [0.3, 0.4) is 0 Å². The number of rotatable bonds is 2. The molecule has 2 aromatic carbocycles. The fourth-order valence-electron chi connectivity index (χ4n) is 2.20. The van der Waals surface area contributed by atoms with Crippen molar-refractivity contribution in [1.29, 1.82) is 0 Å². The number of imidazole rings is 1. The number of nitrogens with one attached hydrogen (secondary N) is 1. The molecule has 0 aliphatic carbocycles. The van der Waals surface area contributed by atoms with Crippen molar-refractivity contribution in [2.75, 3.05) is 0 Å². The molecule has 0 spiro atoms. The zero-order chi connectivity index (χ0) is 15.1. The van der Waals surface area contributed by atoms with Gasteiger partial charge in [0.15, 0.2) is 0 Å². The van der Waals surface area contributed by atoms with Crippen LogP contribution >= 0.6 is 15.9 Å². The van der Waals surface area contributed by atoms with Crippen molar-refractivity contribution in [2.24, 2.45) is 0 Å². The van der Waals surface area contributed by atoms with E-state index >= 15 is 0 Å². The maximum Gasteiger partial charge on any atom is 0.337 e. The van der Waals surface area contributed by atoms with Crippen LogP contribution in [0.5, 0.6) is 0 Å². The molecule has 3 aromatic rings. The van der Waals surface area contributed by atoms with Gasteiger partial charge in [-0.25, -0.2) is 14.0 Å². The molecule has 1 aromatic heterocycles. The Morgan fingerprint density at radius 2 is 2.05 bits per heavy atom. The number of hydrogen-bond donors (Lipinski definition) is 2. The van der Waals surface area contributed by atoms with E-state index in [-0.39, 0.29) is 15.6 Å². The zero-order valence-corrected chi connectivity index (χ0v) is 12.0. The number of nitrogens with zero attached hydrogens (tertiary/aromatic N) is 1. The quantitative estimate of drug-likeness (QED) is 0.746. The van der Waals surface area contributed by atoms with Gasteiger partial charge in [0.05, 0.1) is 26.8 Å². The lowest BCUT2D eigenvalue weighted by Gasteiger charge is -2.06. The van der Waals surface area contributed by atoms with Crippen molar-refractivity contribution in [3.05, 3.63) is 62.7 Å². The number of benzene rings is 2. The average Bonchev–Trinajstić information content (AvgIpc) is 2.77. The molecule has 0 aliphatic rings. The van der Waals surface area contributed by atoms with Crippen molar-refractivity contribution >= 4 is 32.9 Å². The highest BCUT2D eigenvalue weighted by Crippen LogP contribution is 2.23. The second-order valence-corrected chi connectivity index (χ2v) is 5.23. The number of hydrogen-bond acceptors (Lipinski definition) is 2. The summed E-state index contributed by atoms with van der Waals surface area (Å²) in [6, 6.07) is 8.60. The van der Waals surface area contributed by atoms with Crippen LogP contribution < -0.4 is 5.69 Å². The number of aromatic amines is 1. The van der Waals surface area contributed by atoms with E-state index in [1.54, 1.807) is 12.1 Å². The third kappa shape index (κ3) is 2.15. The number of fused-ring (bicyclic) bond motifs is 1. The van der Waals surface area contributed by atoms with Crippen LogP contribution in [0.1, 0.15) is 10.4 Å². The number of H-pyrrole nitrogens is 1. The summed E-state index contributed by atoms with van der Waals surface area (Å²) in [6.07, 6.45) is 0. The molecule has 1 heterocycles. The van der Waals surface area contributed by atoms with Gasteiger partial charge in [-0.15, -0.1) is 0 Å². The van der Waals surface area contributed by atoms with Crippen LogP contribution in [-0.4, -0.2) is 20.6 Å². The number of aromatic nitrogens is 2. The molecule has 0 fully saturated rings. The third-order valence-corrected chi connectivity index (χ3v) is 3.70. The van der Waals surface area contributed by atoms with Gasteiger partial charge in [-0.3, -0.25) is 4.57 Å². The second kappa shape index (κ2) is 4.85. The molecule has 0 atom stereocenters. The van der Waals surface area contributed by atoms with Crippen LogP contribution in [0, 0.1) is 5.82 Å². The highest BCUT2D eigenvalue weighted by Gasteiger charge is 2.17. The van der Waals surface area contributed by atoms with Gasteiger partial charge < -0.3 is 10.1 Å². The third-order valence-electron chi connectivity index (χ3n) is 3.10. The first-order chi connectivity index (χ1) is 9.99. The van der Waals surface area contributed by atoms with Crippen LogP contribution in [0.25, 0.3) is 16.7 Å². The Morgan fingerprint density at radius 1 is 1.29 bits per heavy atom. The Bertz CT molecular complexity index is 930. The maximum absolute atomic E-state index is 13.3. The highest BCUT2D eigenvalue weighted by molar-refractivity contribution is 9.10. The molecule has 0 radical (unpaired) electrons. The molecule has 3 rings (SSSR count). The van der Waals surface area contributed by atoms with E-state index in [0.29, 0.717) is 11.2 Å².